The SMILES string of the molecule is C[C@H](C(=O)N1CCCC[C@H]1CCC(=O)O)c1cccc(F)c1. The fourth-order valence-electron chi connectivity index (χ4n) is 3.05. The Kier molecular flexibility index (Phi) is 5.52. The van der Waals surface area contributed by atoms with Crippen molar-refractivity contribution < 1.29 is 19.1 Å². The molecule has 1 saturated heterocycles. The lowest BCUT2D eigenvalue weighted by molar-refractivity contribution is -0.140. The fourth-order valence-corrected chi connectivity index (χ4v) is 3.05. The van der Waals surface area contributed by atoms with Crippen molar-refractivity contribution in [3.05, 3.63) is 35.6 Å². The molecule has 5 heteroatoms. The lowest BCUT2D eigenvalue weighted by atomic mass is 9.93. The van der Waals surface area contributed by atoms with Crippen molar-refractivity contribution >= 4 is 11.9 Å². The number of aliphatic carboxylic acids is 1. The minimum absolute atomic E-state index is 0.0200. The van der Waals surface area contributed by atoms with Gasteiger partial charge in [0.05, 0.1) is 5.92 Å². The summed E-state index contributed by atoms with van der Waals surface area (Å²) < 4.78 is 13.3. The summed E-state index contributed by atoms with van der Waals surface area (Å²) in [5, 5.41) is 8.84. The van der Waals surface area contributed by atoms with E-state index in [4.69, 9.17) is 5.11 Å². The van der Waals surface area contributed by atoms with Crippen molar-refractivity contribution in [3.8, 4) is 0 Å². The molecule has 0 radical (unpaired) electrons. The molecule has 0 aromatic heterocycles. The molecule has 0 aliphatic carbocycles. The van der Waals surface area contributed by atoms with E-state index < -0.39 is 11.9 Å². The highest BCUT2D eigenvalue weighted by atomic mass is 19.1. The fraction of sp³-hybridized carbons (Fsp3) is 0.529. The predicted octanol–water partition coefficient (Wildman–Crippen LogP) is 3.18. The van der Waals surface area contributed by atoms with Crippen molar-refractivity contribution in [2.75, 3.05) is 6.54 Å². The maximum absolute atomic E-state index is 13.3. The van der Waals surface area contributed by atoms with Crippen LogP contribution in [0.15, 0.2) is 24.3 Å². The van der Waals surface area contributed by atoms with E-state index in [-0.39, 0.29) is 24.2 Å². The number of carbonyl (C=O) groups excluding carboxylic acids is 1. The molecule has 0 unspecified atom stereocenters. The van der Waals surface area contributed by atoms with Crippen molar-refractivity contribution in [3.63, 3.8) is 0 Å². The second-order valence-electron chi connectivity index (χ2n) is 5.89. The van der Waals surface area contributed by atoms with Crippen molar-refractivity contribution in [1.82, 2.24) is 4.90 Å². The molecule has 1 aliphatic heterocycles. The molecule has 1 fully saturated rings. The lowest BCUT2D eigenvalue weighted by Crippen LogP contribution is -2.45. The van der Waals surface area contributed by atoms with Crippen LogP contribution in [0.4, 0.5) is 4.39 Å². The van der Waals surface area contributed by atoms with Gasteiger partial charge in [0.1, 0.15) is 5.82 Å². The number of hydrogen-bond acceptors (Lipinski definition) is 2. The van der Waals surface area contributed by atoms with Gasteiger partial charge in [-0.25, -0.2) is 4.39 Å². The number of likely N-dealkylation sites (tertiary alicyclic amines) is 1. The summed E-state index contributed by atoms with van der Waals surface area (Å²) in [5.74, 6) is -1.64. The van der Waals surface area contributed by atoms with Crippen molar-refractivity contribution in [2.45, 2.75) is 51.0 Å². The van der Waals surface area contributed by atoms with Gasteiger partial charge in [0, 0.05) is 19.0 Å². The number of carboxylic acids is 1. The van der Waals surface area contributed by atoms with E-state index in [9.17, 15) is 14.0 Å². The van der Waals surface area contributed by atoms with Gasteiger partial charge in [0.2, 0.25) is 5.91 Å². The number of nitrogens with zero attached hydrogens (tertiary/aromatic N) is 1. The molecule has 120 valence electrons. The zero-order valence-corrected chi connectivity index (χ0v) is 12.8. The normalized spacial score (nSPS) is 19.7. The zero-order valence-electron chi connectivity index (χ0n) is 12.8. The number of amides is 1. The number of piperidine rings is 1. The summed E-state index contributed by atoms with van der Waals surface area (Å²) in [6.45, 7) is 2.43. The van der Waals surface area contributed by atoms with Gasteiger partial charge < -0.3 is 10.0 Å². The summed E-state index contributed by atoms with van der Waals surface area (Å²) in [6.07, 6.45) is 3.35. The van der Waals surface area contributed by atoms with Gasteiger partial charge >= 0.3 is 5.97 Å². The highest BCUT2D eigenvalue weighted by Crippen LogP contribution is 2.26. The van der Waals surface area contributed by atoms with Crippen LogP contribution >= 0.6 is 0 Å². The van der Waals surface area contributed by atoms with Gasteiger partial charge in [0.25, 0.3) is 0 Å². The van der Waals surface area contributed by atoms with Crippen LogP contribution in [0.1, 0.15) is 50.5 Å². The van der Waals surface area contributed by atoms with Crippen molar-refractivity contribution in [1.29, 1.82) is 0 Å². The molecule has 1 aromatic rings. The van der Waals surface area contributed by atoms with Gasteiger partial charge in [-0.1, -0.05) is 12.1 Å². The smallest absolute Gasteiger partial charge is 0.303 e. The van der Waals surface area contributed by atoms with Gasteiger partial charge in [0.15, 0.2) is 0 Å². The molecule has 2 atom stereocenters. The third-order valence-corrected chi connectivity index (χ3v) is 4.32. The zero-order chi connectivity index (χ0) is 16.1. The maximum Gasteiger partial charge on any atom is 0.303 e. The monoisotopic (exact) mass is 307 g/mol. The highest BCUT2D eigenvalue weighted by Gasteiger charge is 2.30. The molecule has 1 N–H and O–H groups in total. The Balaban J connectivity index is 2.09. The van der Waals surface area contributed by atoms with E-state index in [0.717, 1.165) is 19.3 Å². The van der Waals surface area contributed by atoms with Crippen molar-refractivity contribution in [2.24, 2.45) is 0 Å². The molecule has 22 heavy (non-hydrogen) atoms. The average molecular weight is 307 g/mol. The van der Waals surface area contributed by atoms with Crippen LogP contribution in [0.25, 0.3) is 0 Å². The molecule has 0 spiro atoms. The van der Waals surface area contributed by atoms with Gasteiger partial charge in [-0.15, -0.1) is 0 Å². The first-order chi connectivity index (χ1) is 10.5. The van der Waals surface area contributed by atoms with E-state index in [0.29, 0.717) is 18.5 Å². The highest BCUT2D eigenvalue weighted by molar-refractivity contribution is 5.83. The van der Waals surface area contributed by atoms with E-state index in [1.54, 1.807) is 24.0 Å². The van der Waals surface area contributed by atoms with Crippen LogP contribution in [0.2, 0.25) is 0 Å². The first-order valence-corrected chi connectivity index (χ1v) is 7.76. The Morgan fingerprint density at radius 2 is 2.18 bits per heavy atom. The van der Waals surface area contributed by atoms with E-state index in [1.165, 1.54) is 12.1 Å². The number of halogens is 1. The first-order valence-electron chi connectivity index (χ1n) is 7.76. The molecule has 1 aromatic carbocycles. The van der Waals surface area contributed by atoms with Crippen LogP contribution in [-0.4, -0.2) is 34.5 Å². The Morgan fingerprint density at radius 1 is 1.41 bits per heavy atom. The van der Waals surface area contributed by atoms with Crippen LogP contribution in [0.3, 0.4) is 0 Å². The first kappa shape index (κ1) is 16.5. The van der Waals surface area contributed by atoms with Crippen LogP contribution in [0, 0.1) is 5.82 Å². The number of carbonyl (C=O) groups is 2. The number of carboxylic acid groups (broad SMARTS) is 1. The number of rotatable bonds is 5. The molecule has 1 amide bonds. The van der Waals surface area contributed by atoms with Crippen LogP contribution in [0.5, 0.6) is 0 Å². The predicted molar refractivity (Wildman–Crippen MR) is 81.0 cm³/mol. The Morgan fingerprint density at radius 3 is 2.86 bits per heavy atom. The summed E-state index contributed by atoms with van der Waals surface area (Å²) in [5.41, 5.74) is 0.660. The van der Waals surface area contributed by atoms with Crippen LogP contribution in [-0.2, 0) is 9.59 Å². The third kappa shape index (κ3) is 4.06. The van der Waals surface area contributed by atoms with Gasteiger partial charge in [-0.2, -0.15) is 0 Å². The van der Waals surface area contributed by atoms with E-state index in [1.807, 2.05) is 0 Å². The topological polar surface area (TPSA) is 57.6 Å². The average Bonchev–Trinajstić information content (AvgIpc) is 2.51. The van der Waals surface area contributed by atoms with Crippen LogP contribution < -0.4 is 0 Å². The molecule has 0 saturated carbocycles. The summed E-state index contributed by atoms with van der Waals surface area (Å²) in [6, 6.07) is 6.08. The standard InChI is InChI=1S/C17H22FNO3/c1-12(13-5-4-6-14(18)11-13)17(22)19-10-3-2-7-15(19)8-9-16(20)21/h4-6,11-12,15H,2-3,7-10H2,1H3,(H,20,21)/t12-,15-/m0/s1. The van der Waals surface area contributed by atoms with E-state index >= 15 is 0 Å². The number of hydrogen-bond donors (Lipinski definition) is 1. The summed E-state index contributed by atoms with van der Waals surface area (Å²) >= 11 is 0. The molecular weight excluding hydrogens is 285 g/mol. The number of benzene rings is 1. The Bertz CT molecular complexity index is 546. The Labute approximate surface area is 129 Å². The largest absolute Gasteiger partial charge is 0.481 e. The molecule has 2 rings (SSSR count). The van der Waals surface area contributed by atoms with Gasteiger partial charge in [-0.3, -0.25) is 9.59 Å². The van der Waals surface area contributed by atoms with Gasteiger partial charge in [-0.05, 0) is 50.3 Å². The molecule has 0 bridgehead atoms. The van der Waals surface area contributed by atoms with E-state index in [2.05, 4.69) is 0 Å². The molecule has 1 heterocycles. The second kappa shape index (κ2) is 7.38. The summed E-state index contributed by atoms with van der Waals surface area (Å²) in [4.78, 5) is 25.3. The molecule has 4 nitrogen and oxygen atoms in total. The Hall–Kier alpha value is -1.91. The second-order valence-corrected chi connectivity index (χ2v) is 5.89. The minimum atomic E-state index is -0.837. The lowest BCUT2D eigenvalue weighted by Gasteiger charge is -2.37. The third-order valence-electron chi connectivity index (χ3n) is 4.32. The summed E-state index contributed by atoms with van der Waals surface area (Å²) in [7, 11) is 0. The molecular formula is C17H22FNO3. The molecule has 1 aliphatic rings. The quantitative estimate of drug-likeness (QED) is 0.909. The maximum atomic E-state index is 13.3. The minimum Gasteiger partial charge on any atom is -0.481 e.